The minimum absolute atomic E-state index is 0.385. The number of hydrogen-bond donors (Lipinski definition) is 0. The molecule has 0 spiro atoms. The van der Waals surface area contributed by atoms with Crippen molar-refractivity contribution in [1.82, 2.24) is 19.2 Å². The standard InChI is InChI=1S/C13H12BrClN4/c1-8-12(14)9(2)19(17-8)13-10(7-15)18-6-4-3-5-11(18)16-13/h3-6H,7H2,1-2H3. The third kappa shape index (κ3) is 1.88. The van der Waals surface area contributed by atoms with Crippen molar-refractivity contribution in [3.63, 3.8) is 0 Å². The molecule has 0 bridgehead atoms. The van der Waals surface area contributed by atoms with Gasteiger partial charge in [0.15, 0.2) is 5.82 Å². The molecule has 0 saturated heterocycles. The number of fused-ring (bicyclic) bond motifs is 1. The van der Waals surface area contributed by atoms with E-state index < -0.39 is 0 Å². The number of pyridine rings is 1. The Kier molecular flexibility index (Phi) is 3.11. The summed E-state index contributed by atoms with van der Waals surface area (Å²) in [5.41, 5.74) is 3.77. The molecule has 4 nitrogen and oxygen atoms in total. The Balaban J connectivity index is 2.33. The number of aromatic nitrogens is 4. The second-order valence-corrected chi connectivity index (χ2v) is 5.40. The van der Waals surface area contributed by atoms with E-state index in [2.05, 4.69) is 26.0 Å². The summed E-state index contributed by atoms with van der Waals surface area (Å²) in [6.45, 7) is 3.97. The van der Waals surface area contributed by atoms with E-state index in [1.807, 2.05) is 47.3 Å². The largest absolute Gasteiger partial charge is 0.301 e. The average molecular weight is 340 g/mol. The molecule has 0 aliphatic carbocycles. The van der Waals surface area contributed by atoms with Crippen molar-refractivity contribution in [1.29, 1.82) is 0 Å². The van der Waals surface area contributed by atoms with Gasteiger partial charge in [-0.2, -0.15) is 5.10 Å². The van der Waals surface area contributed by atoms with Crippen LogP contribution in [0, 0.1) is 13.8 Å². The van der Waals surface area contributed by atoms with E-state index in [1.54, 1.807) is 0 Å². The lowest BCUT2D eigenvalue weighted by Crippen LogP contribution is -2.03. The summed E-state index contributed by atoms with van der Waals surface area (Å²) in [5.74, 6) is 1.17. The second-order valence-electron chi connectivity index (χ2n) is 4.34. The highest BCUT2D eigenvalue weighted by atomic mass is 79.9. The Morgan fingerprint density at radius 2 is 2.11 bits per heavy atom. The fourth-order valence-corrected chi connectivity index (χ4v) is 2.65. The Hall–Kier alpha value is -1.33. The highest BCUT2D eigenvalue weighted by Gasteiger charge is 2.17. The van der Waals surface area contributed by atoms with Gasteiger partial charge in [0.1, 0.15) is 5.65 Å². The lowest BCUT2D eigenvalue weighted by molar-refractivity contribution is 0.803. The highest BCUT2D eigenvalue weighted by molar-refractivity contribution is 9.10. The molecule has 0 N–H and O–H groups in total. The molecule has 0 fully saturated rings. The second kappa shape index (κ2) is 4.65. The van der Waals surface area contributed by atoms with Gasteiger partial charge in [0, 0.05) is 6.20 Å². The first-order valence-electron chi connectivity index (χ1n) is 5.87. The monoisotopic (exact) mass is 338 g/mol. The molecule has 0 radical (unpaired) electrons. The summed E-state index contributed by atoms with van der Waals surface area (Å²) >= 11 is 9.62. The lowest BCUT2D eigenvalue weighted by atomic mass is 10.4. The summed E-state index contributed by atoms with van der Waals surface area (Å²) in [5, 5.41) is 4.52. The summed E-state index contributed by atoms with van der Waals surface area (Å²) in [4.78, 5) is 4.63. The number of aryl methyl sites for hydroxylation is 1. The summed E-state index contributed by atoms with van der Waals surface area (Å²) in [6.07, 6.45) is 1.96. The molecule has 98 valence electrons. The number of nitrogens with zero attached hydrogens (tertiary/aromatic N) is 4. The summed E-state index contributed by atoms with van der Waals surface area (Å²) in [6, 6.07) is 5.88. The molecule has 0 aromatic carbocycles. The van der Waals surface area contributed by atoms with Crippen molar-refractivity contribution in [3.05, 3.63) is 46.0 Å². The van der Waals surface area contributed by atoms with Gasteiger partial charge in [0.2, 0.25) is 0 Å². The first kappa shape index (κ1) is 12.7. The Labute approximate surface area is 124 Å². The van der Waals surface area contributed by atoms with Gasteiger partial charge in [0.05, 0.1) is 27.4 Å². The molecule has 6 heteroatoms. The molecule has 3 aromatic heterocycles. The van der Waals surface area contributed by atoms with Crippen LogP contribution in [0.3, 0.4) is 0 Å². The van der Waals surface area contributed by atoms with Crippen molar-refractivity contribution in [3.8, 4) is 5.82 Å². The SMILES string of the molecule is Cc1nn(-c2nc3ccccn3c2CCl)c(C)c1Br. The minimum Gasteiger partial charge on any atom is -0.301 e. The number of rotatable bonds is 2. The molecule has 3 rings (SSSR count). The Morgan fingerprint density at radius 1 is 1.32 bits per heavy atom. The number of halogens is 2. The van der Waals surface area contributed by atoms with Crippen molar-refractivity contribution in [2.45, 2.75) is 19.7 Å². The van der Waals surface area contributed by atoms with Crippen LogP contribution in [0.1, 0.15) is 17.1 Å². The van der Waals surface area contributed by atoms with Crippen molar-refractivity contribution < 1.29 is 0 Å². The molecule has 0 saturated carbocycles. The molecule has 0 atom stereocenters. The Morgan fingerprint density at radius 3 is 2.74 bits per heavy atom. The van der Waals surface area contributed by atoms with Gasteiger partial charge in [0.25, 0.3) is 0 Å². The zero-order valence-corrected chi connectivity index (χ0v) is 12.9. The van der Waals surface area contributed by atoms with E-state index in [0.717, 1.165) is 33.0 Å². The first-order valence-corrected chi connectivity index (χ1v) is 7.20. The molecule has 0 unspecified atom stereocenters. The van der Waals surface area contributed by atoms with E-state index in [0.29, 0.717) is 5.88 Å². The maximum Gasteiger partial charge on any atom is 0.177 e. The lowest BCUT2D eigenvalue weighted by Gasteiger charge is -2.03. The molecule has 0 aliphatic heterocycles. The zero-order valence-electron chi connectivity index (χ0n) is 10.6. The van der Waals surface area contributed by atoms with Gasteiger partial charge in [-0.3, -0.25) is 0 Å². The number of hydrogen-bond acceptors (Lipinski definition) is 2. The number of alkyl halides is 1. The highest BCUT2D eigenvalue weighted by Crippen LogP contribution is 2.25. The molecular formula is C13H12BrClN4. The predicted octanol–water partition coefficient (Wildman–Crippen LogP) is 3.64. The van der Waals surface area contributed by atoms with Gasteiger partial charge >= 0.3 is 0 Å². The molecular weight excluding hydrogens is 328 g/mol. The third-order valence-corrected chi connectivity index (χ3v) is 4.54. The molecule has 3 aromatic rings. The molecule has 19 heavy (non-hydrogen) atoms. The van der Waals surface area contributed by atoms with Gasteiger partial charge in [-0.05, 0) is 41.9 Å². The summed E-state index contributed by atoms with van der Waals surface area (Å²) < 4.78 is 4.83. The van der Waals surface area contributed by atoms with Crippen LogP contribution >= 0.6 is 27.5 Å². The summed E-state index contributed by atoms with van der Waals surface area (Å²) in [7, 11) is 0. The molecule has 0 amide bonds. The van der Waals surface area contributed by atoms with Crippen LogP contribution in [0.2, 0.25) is 0 Å². The van der Waals surface area contributed by atoms with Crippen LogP contribution in [-0.4, -0.2) is 19.2 Å². The van der Waals surface area contributed by atoms with Crippen molar-refractivity contribution >= 4 is 33.2 Å². The fraction of sp³-hybridized carbons (Fsp3) is 0.231. The van der Waals surface area contributed by atoms with Crippen LogP contribution in [0.25, 0.3) is 11.5 Å². The normalized spacial score (nSPS) is 11.4. The number of imidazole rings is 1. The zero-order chi connectivity index (χ0) is 13.6. The van der Waals surface area contributed by atoms with Crippen LogP contribution < -0.4 is 0 Å². The van der Waals surface area contributed by atoms with Gasteiger partial charge in [-0.15, -0.1) is 11.6 Å². The smallest absolute Gasteiger partial charge is 0.177 e. The topological polar surface area (TPSA) is 35.1 Å². The average Bonchev–Trinajstić information content (AvgIpc) is 2.91. The predicted molar refractivity (Wildman–Crippen MR) is 79.0 cm³/mol. The van der Waals surface area contributed by atoms with Gasteiger partial charge < -0.3 is 4.40 Å². The quantitative estimate of drug-likeness (QED) is 0.668. The molecule has 0 aliphatic rings. The maximum absolute atomic E-state index is 6.09. The first-order chi connectivity index (χ1) is 9.13. The molecule has 3 heterocycles. The van der Waals surface area contributed by atoms with E-state index in [9.17, 15) is 0 Å². The van der Waals surface area contributed by atoms with E-state index in [4.69, 9.17) is 11.6 Å². The Bertz CT molecular complexity index is 759. The van der Waals surface area contributed by atoms with E-state index >= 15 is 0 Å². The van der Waals surface area contributed by atoms with Crippen LogP contribution in [-0.2, 0) is 5.88 Å². The van der Waals surface area contributed by atoms with Gasteiger partial charge in [-0.25, -0.2) is 9.67 Å². The minimum atomic E-state index is 0.385. The van der Waals surface area contributed by atoms with Gasteiger partial charge in [-0.1, -0.05) is 6.07 Å². The van der Waals surface area contributed by atoms with Crippen molar-refractivity contribution in [2.75, 3.05) is 0 Å². The third-order valence-electron chi connectivity index (χ3n) is 3.14. The van der Waals surface area contributed by atoms with E-state index in [-0.39, 0.29) is 0 Å². The fourth-order valence-electron chi connectivity index (χ4n) is 2.16. The van der Waals surface area contributed by atoms with E-state index in [1.165, 1.54) is 0 Å². The maximum atomic E-state index is 6.09. The van der Waals surface area contributed by atoms with Crippen molar-refractivity contribution in [2.24, 2.45) is 0 Å². The van der Waals surface area contributed by atoms with Crippen LogP contribution in [0.4, 0.5) is 0 Å². The van der Waals surface area contributed by atoms with Crippen LogP contribution in [0.15, 0.2) is 28.9 Å². The van der Waals surface area contributed by atoms with Crippen LogP contribution in [0.5, 0.6) is 0 Å².